The fraction of sp³-hybridized carbons (Fsp3) is 1.00. The van der Waals surface area contributed by atoms with Crippen molar-refractivity contribution >= 4 is 28.8 Å². The summed E-state index contributed by atoms with van der Waals surface area (Å²) in [5.74, 6) is 0. The zero-order valence-corrected chi connectivity index (χ0v) is 13.1. The highest BCUT2D eigenvalue weighted by molar-refractivity contribution is 7.90. The van der Waals surface area contributed by atoms with Gasteiger partial charge in [0.05, 0.1) is 0 Å². The van der Waals surface area contributed by atoms with Gasteiger partial charge in [-0.3, -0.25) is 7.74 Å². The third-order valence-corrected chi connectivity index (χ3v) is 9.64. The lowest BCUT2D eigenvalue weighted by atomic mass is 10.9. The summed E-state index contributed by atoms with van der Waals surface area (Å²) in [5, 5.41) is 0. The van der Waals surface area contributed by atoms with Crippen LogP contribution in [0.15, 0.2) is 0 Å². The Morgan fingerprint density at radius 2 is 1.00 bits per heavy atom. The summed E-state index contributed by atoms with van der Waals surface area (Å²) in [4.78, 5) is 0. The minimum absolute atomic E-state index is 0.770. The van der Waals surface area contributed by atoms with Gasteiger partial charge < -0.3 is 0 Å². The van der Waals surface area contributed by atoms with Crippen LogP contribution in [0.1, 0.15) is 13.8 Å². The summed E-state index contributed by atoms with van der Waals surface area (Å²) in [5.41, 5.74) is -11.8. The fourth-order valence-electron chi connectivity index (χ4n) is 0.994. The number of hydrogen-bond donors (Lipinski definition) is 0. The lowest BCUT2D eigenvalue weighted by Crippen LogP contribution is -2.49. The van der Waals surface area contributed by atoms with Gasteiger partial charge in [-0.2, -0.15) is 43.2 Å². The quantitative estimate of drug-likeness (QED) is 0.396. The topological polar surface area (TPSA) is 86.7 Å². The first-order valence-corrected chi connectivity index (χ1v) is 10.1. The van der Waals surface area contributed by atoms with Gasteiger partial charge in [0.1, 0.15) is 0 Å². The molecule has 0 aromatic heterocycles. The lowest BCUT2D eigenvalue weighted by Gasteiger charge is -2.27. The second kappa shape index (κ2) is 6.02. The average Bonchev–Trinajstić information content (AvgIpc) is 2.24. The molecule has 0 atom stereocenters. The summed E-state index contributed by atoms with van der Waals surface area (Å²) >= 11 is 0. The van der Waals surface area contributed by atoms with Crippen molar-refractivity contribution in [3.05, 3.63) is 0 Å². The van der Waals surface area contributed by atoms with Crippen LogP contribution in [-0.4, -0.2) is 36.4 Å². The molecule has 0 fully saturated rings. The Balaban J connectivity index is 5.71. The zero-order valence-electron chi connectivity index (χ0n) is 10.4. The Bertz CT molecular complexity index is 512. The number of halogens is 6. The van der Waals surface area contributed by atoms with Crippen LogP contribution in [-0.2, 0) is 28.0 Å². The van der Waals surface area contributed by atoms with Crippen molar-refractivity contribution in [3.63, 3.8) is 0 Å². The molecule has 0 spiro atoms. The number of alkyl halides is 6. The van der Waals surface area contributed by atoms with Crippen LogP contribution in [0.2, 0.25) is 12.1 Å². The first kappa shape index (κ1) is 20.6. The van der Waals surface area contributed by atoms with Gasteiger partial charge in [-0.1, -0.05) is 13.8 Å². The van der Waals surface area contributed by atoms with E-state index in [4.69, 9.17) is 0 Å². The van der Waals surface area contributed by atoms with Crippen LogP contribution in [0.25, 0.3) is 0 Å². The van der Waals surface area contributed by atoms with Gasteiger partial charge in [0.2, 0.25) is 0 Å². The second-order valence-corrected chi connectivity index (χ2v) is 10.9. The zero-order chi connectivity index (χ0) is 17.3. The van der Waals surface area contributed by atoms with Gasteiger partial charge in [0, 0.05) is 0 Å². The van der Waals surface area contributed by atoms with Gasteiger partial charge in [-0.05, 0) is 12.1 Å². The molecular formula is C6H10F6O6S2Si. The van der Waals surface area contributed by atoms with Crippen LogP contribution >= 0.6 is 0 Å². The second-order valence-electron chi connectivity index (χ2n) is 3.58. The fourth-order valence-corrected chi connectivity index (χ4v) is 7.70. The molecule has 0 unspecified atom stereocenters. The molecule has 0 rings (SSSR count). The minimum Gasteiger partial charge on any atom is -0.276 e. The number of hydrogen-bond acceptors (Lipinski definition) is 6. The first-order chi connectivity index (χ1) is 9.04. The molecule has 0 aromatic carbocycles. The normalized spacial score (nSPS) is 15.2. The van der Waals surface area contributed by atoms with Crippen LogP contribution in [0.3, 0.4) is 0 Å². The highest BCUT2D eigenvalue weighted by Crippen LogP contribution is 2.35. The summed E-state index contributed by atoms with van der Waals surface area (Å²) in [7, 11) is -17.4. The molecule has 21 heavy (non-hydrogen) atoms. The molecule has 0 aliphatic rings. The van der Waals surface area contributed by atoms with Gasteiger partial charge in [0.25, 0.3) is 0 Å². The monoisotopic (exact) mass is 384 g/mol. The van der Waals surface area contributed by atoms with Crippen LogP contribution < -0.4 is 0 Å². The van der Waals surface area contributed by atoms with E-state index in [0.29, 0.717) is 0 Å². The van der Waals surface area contributed by atoms with Crippen molar-refractivity contribution in [1.29, 1.82) is 0 Å². The smallest absolute Gasteiger partial charge is 0.276 e. The lowest BCUT2D eigenvalue weighted by molar-refractivity contribution is -0.0532. The van der Waals surface area contributed by atoms with Gasteiger partial charge in [-0.25, -0.2) is 0 Å². The predicted octanol–water partition coefficient (Wildman–Crippen LogP) is 2.20. The third kappa shape index (κ3) is 4.80. The van der Waals surface area contributed by atoms with Crippen molar-refractivity contribution in [3.8, 4) is 0 Å². The van der Waals surface area contributed by atoms with Crippen molar-refractivity contribution in [2.75, 3.05) is 0 Å². The van der Waals surface area contributed by atoms with E-state index < -0.39 is 51.9 Å². The van der Waals surface area contributed by atoms with Gasteiger partial charge in [-0.15, -0.1) is 0 Å². The van der Waals surface area contributed by atoms with Crippen molar-refractivity contribution in [2.24, 2.45) is 0 Å². The molecule has 6 nitrogen and oxygen atoms in total. The molecule has 0 heterocycles. The van der Waals surface area contributed by atoms with Crippen LogP contribution in [0.5, 0.6) is 0 Å². The molecule has 0 N–H and O–H groups in total. The molecule has 15 heteroatoms. The van der Waals surface area contributed by atoms with Crippen LogP contribution in [0, 0.1) is 0 Å². The van der Waals surface area contributed by atoms with Gasteiger partial charge >= 0.3 is 39.8 Å². The minimum atomic E-state index is -6.29. The summed E-state index contributed by atoms with van der Waals surface area (Å²) in [6, 6.07) is -1.54. The predicted molar refractivity (Wildman–Crippen MR) is 58.8 cm³/mol. The highest BCUT2D eigenvalue weighted by atomic mass is 32.2. The molecule has 0 aromatic rings. The van der Waals surface area contributed by atoms with E-state index in [1.807, 2.05) is 0 Å². The molecule has 0 saturated carbocycles. The van der Waals surface area contributed by atoms with E-state index >= 15 is 0 Å². The first-order valence-electron chi connectivity index (χ1n) is 5.07. The Kier molecular flexibility index (Phi) is 5.91. The maximum absolute atomic E-state index is 12.2. The molecular weight excluding hydrogens is 374 g/mol. The van der Waals surface area contributed by atoms with Crippen LogP contribution in [0.4, 0.5) is 26.3 Å². The molecule has 0 amide bonds. The summed E-state index contributed by atoms with van der Waals surface area (Å²) < 4.78 is 124. The number of rotatable bonds is 6. The molecule has 0 aliphatic carbocycles. The van der Waals surface area contributed by atoms with Gasteiger partial charge in [0.15, 0.2) is 0 Å². The van der Waals surface area contributed by atoms with Crippen molar-refractivity contribution < 1.29 is 50.9 Å². The molecule has 0 radical (unpaired) electrons. The van der Waals surface area contributed by atoms with Crippen molar-refractivity contribution in [2.45, 2.75) is 37.0 Å². The Morgan fingerprint density at radius 3 is 1.14 bits per heavy atom. The van der Waals surface area contributed by atoms with E-state index in [0.717, 1.165) is 13.8 Å². The Morgan fingerprint density at radius 1 is 0.762 bits per heavy atom. The largest absolute Gasteiger partial charge is 0.522 e. The molecule has 128 valence electrons. The van der Waals surface area contributed by atoms with E-state index in [2.05, 4.69) is 7.74 Å². The SMILES string of the molecule is CC[Si](CC)(OS(=O)(=O)C(F)(F)F)OS(=O)(=O)C(F)(F)F. The highest BCUT2D eigenvalue weighted by Gasteiger charge is 2.58. The summed E-state index contributed by atoms with van der Waals surface area (Å²) in [6.45, 7) is 1.90. The molecule has 0 bridgehead atoms. The molecule has 0 aliphatic heterocycles. The standard InChI is InChI=1S/C6H10F6O6S2Si/c1-3-21(4-2,17-19(13,14)5(7,8)9)18-20(15,16)6(10,11)12/h3-4H2,1-2H3. The average molecular weight is 384 g/mol. The Hall–Kier alpha value is -0.383. The van der Waals surface area contributed by atoms with Crippen molar-refractivity contribution in [1.82, 2.24) is 0 Å². The van der Waals surface area contributed by atoms with E-state index in [1.165, 1.54) is 0 Å². The maximum Gasteiger partial charge on any atom is 0.522 e. The van der Waals surface area contributed by atoms with E-state index in [9.17, 15) is 43.2 Å². The maximum atomic E-state index is 12.2. The van der Waals surface area contributed by atoms with E-state index in [1.54, 1.807) is 0 Å². The molecule has 0 saturated heterocycles. The summed E-state index contributed by atoms with van der Waals surface area (Å²) in [6.07, 6.45) is 0. The Labute approximate surface area is 117 Å². The van der Waals surface area contributed by atoms with E-state index in [-0.39, 0.29) is 0 Å². The third-order valence-electron chi connectivity index (χ3n) is 2.17.